The molecule has 19 heavy (non-hydrogen) atoms. The zero-order valence-electron chi connectivity index (χ0n) is 11.3. The molecule has 0 aliphatic heterocycles. The highest BCUT2D eigenvalue weighted by Crippen LogP contribution is 2.39. The molecule has 1 saturated carbocycles. The van der Waals surface area contributed by atoms with Crippen molar-refractivity contribution >= 4 is 11.6 Å². The fourth-order valence-electron chi connectivity index (χ4n) is 1.87. The maximum atomic E-state index is 9.30. The third kappa shape index (κ3) is 3.31. The van der Waals surface area contributed by atoms with E-state index in [2.05, 4.69) is 20.7 Å². The first kappa shape index (κ1) is 14.0. The number of anilines is 2. The maximum Gasteiger partial charge on any atom is 0.148 e. The zero-order chi connectivity index (χ0) is 13.8. The highest BCUT2D eigenvalue weighted by molar-refractivity contribution is 5.57. The molecule has 106 valence electrons. The second kappa shape index (κ2) is 6.14. The maximum absolute atomic E-state index is 9.30. The number of nitrogens with two attached hydrogens (primary N) is 1. The Morgan fingerprint density at radius 1 is 1.42 bits per heavy atom. The van der Waals surface area contributed by atoms with E-state index >= 15 is 0 Å². The molecule has 7 nitrogen and oxygen atoms in total. The SMILES string of the molecule is COCC(CO)Nc1nc(C2CC2)nc(NN)c1C. The van der Waals surface area contributed by atoms with E-state index in [9.17, 15) is 5.11 Å². The Bertz CT molecular complexity index is 436. The van der Waals surface area contributed by atoms with Gasteiger partial charge in [-0.15, -0.1) is 0 Å². The Morgan fingerprint density at radius 2 is 2.11 bits per heavy atom. The molecule has 1 aliphatic carbocycles. The number of aromatic nitrogens is 2. The van der Waals surface area contributed by atoms with Crippen LogP contribution in [0.15, 0.2) is 0 Å². The summed E-state index contributed by atoms with van der Waals surface area (Å²) >= 11 is 0. The molecule has 5 N–H and O–H groups in total. The van der Waals surface area contributed by atoms with Crippen molar-refractivity contribution in [3.63, 3.8) is 0 Å². The van der Waals surface area contributed by atoms with Crippen LogP contribution in [0, 0.1) is 6.92 Å². The van der Waals surface area contributed by atoms with Crippen molar-refractivity contribution in [1.82, 2.24) is 9.97 Å². The van der Waals surface area contributed by atoms with Gasteiger partial charge >= 0.3 is 0 Å². The molecule has 1 aromatic rings. The molecule has 2 rings (SSSR count). The Morgan fingerprint density at radius 3 is 2.63 bits per heavy atom. The van der Waals surface area contributed by atoms with Gasteiger partial charge in [-0.2, -0.15) is 0 Å². The number of ether oxygens (including phenoxy) is 1. The van der Waals surface area contributed by atoms with E-state index in [0.29, 0.717) is 24.2 Å². The van der Waals surface area contributed by atoms with Crippen molar-refractivity contribution < 1.29 is 9.84 Å². The van der Waals surface area contributed by atoms with E-state index in [1.54, 1.807) is 7.11 Å². The molecular weight excluding hydrogens is 246 g/mol. The van der Waals surface area contributed by atoms with Crippen LogP contribution in [0.4, 0.5) is 11.6 Å². The smallest absolute Gasteiger partial charge is 0.148 e. The predicted octanol–water partition coefficient (Wildman–Crippen LogP) is 0.367. The lowest BCUT2D eigenvalue weighted by atomic mass is 10.2. The highest BCUT2D eigenvalue weighted by atomic mass is 16.5. The summed E-state index contributed by atoms with van der Waals surface area (Å²) in [5.74, 6) is 8.04. The fourth-order valence-corrected chi connectivity index (χ4v) is 1.87. The van der Waals surface area contributed by atoms with E-state index in [1.165, 1.54) is 0 Å². The standard InChI is InChI=1S/C12H21N5O2/c1-7-10(14-9(5-18)6-19-2)15-12(8-3-4-8)16-11(7)17-13/h8-9,18H,3-6,13H2,1-2H3,(H2,14,15,16,17). The lowest BCUT2D eigenvalue weighted by Gasteiger charge is -2.19. The molecule has 0 radical (unpaired) electrons. The van der Waals surface area contributed by atoms with Gasteiger partial charge in [0.1, 0.15) is 17.5 Å². The van der Waals surface area contributed by atoms with Gasteiger partial charge in [0.15, 0.2) is 0 Å². The Kier molecular flexibility index (Phi) is 4.52. The summed E-state index contributed by atoms with van der Waals surface area (Å²) < 4.78 is 5.05. The first-order valence-electron chi connectivity index (χ1n) is 6.41. The monoisotopic (exact) mass is 267 g/mol. The predicted molar refractivity (Wildman–Crippen MR) is 72.9 cm³/mol. The van der Waals surface area contributed by atoms with Gasteiger partial charge in [-0.1, -0.05) is 0 Å². The average Bonchev–Trinajstić information content (AvgIpc) is 3.24. The number of aliphatic hydroxyl groups excluding tert-OH is 1. The van der Waals surface area contributed by atoms with E-state index < -0.39 is 0 Å². The number of rotatable bonds is 7. The quantitative estimate of drug-likeness (QED) is 0.418. The topological polar surface area (TPSA) is 105 Å². The highest BCUT2D eigenvalue weighted by Gasteiger charge is 2.28. The summed E-state index contributed by atoms with van der Waals surface area (Å²) in [6.45, 7) is 2.26. The lowest BCUT2D eigenvalue weighted by molar-refractivity contribution is 0.153. The fraction of sp³-hybridized carbons (Fsp3) is 0.667. The number of hydrogen-bond donors (Lipinski definition) is 4. The molecule has 1 fully saturated rings. The summed E-state index contributed by atoms with van der Waals surface area (Å²) in [7, 11) is 1.60. The zero-order valence-corrected chi connectivity index (χ0v) is 11.3. The number of hydrogen-bond acceptors (Lipinski definition) is 7. The minimum absolute atomic E-state index is 0.0264. The Balaban J connectivity index is 2.24. The molecule has 1 aromatic heterocycles. The van der Waals surface area contributed by atoms with Gasteiger partial charge in [0, 0.05) is 18.6 Å². The number of hydrazine groups is 1. The minimum atomic E-state index is -0.198. The van der Waals surface area contributed by atoms with Crippen LogP contribution in [-0.4, -0.2) is 41.4 Å². The molecule has 1 heterocycles. The largest absolute Gasteiger partial charge is 0.394 e. The molecule has 0 bridgehead atoms. The summed E-state index contributed by atoms with van der Waals surface area (Å²) in [6.07, 6.45) is 2.24. The molecule has 0 amide bonds. The van der Waals surface area contributed by atoms with E-state index in [0.717, 1.165) is 24.2 Å². The second-order valence-electron chi connectivity index (χ2n) is 4.80. The Labute approximate surface area is 112 Å². The van der Waals surface area contributed by atoms with Gasteiger partial charge in [0.25, 0.3) is 0 Å². The molecule has 1 aliphatic rings. The summed E-state index contributed by atoms with van der Waals surface area (Å²) in [4.78, 5) is 8.94. The van der Waals surface area contributed by atoms with Crippen LogP contribution in [0.1, 0.15) is 30.1 Å². The van der Waals surface area contributed by atoms with Crippen molar-refractivity contribution in [3.05, 3.63) is 11.4 Å². The number of nitrogens with one attached hydrogen (secondary N) is 2. The minimum Gasteiger partial charge on any atom is -0.394 e. The van der Waals surface area contributed by atoms with Crippen molar-refractivity contribution in [3.8, 4) is 0 Å². The molecule has 0 saturated heterocycles. The average molecular weight is 267 g/mol. The van der Waals surface area contributed by atoms with Crippen LogP contribution >= 0.6 is 0 Å². The van der Waals surface area contributed by atoms with Gasteiger partial charge in [-0.3, -0.25) is 0 Å². The number of aliphatic hydroxyl groups is 1. The van der Waals surface area contributed by atoms with Crippen LogP contribution in [-0.2, 0) is 4.74 Å². The van der Waals surface area contributed by atoms with E-state index in [-0.39, 0.29) is 12.6 Å². The van der Waals surface area contributed by atoms with Crippen LogP contribution in [0.3, 0.4) is 0 Å². The third-order valence-corrected chi connectivity index (χ3v) is 3.17. The first-order chi connectivity index (χ1) is 9.19. The van der Waals surface area contributed by atoms with Crippen molar-refractivity contribution in [2.45, 2.75) is 31.7 Å². The van der Waals surface area contributed by atoms with Gasteiger partial charge in [0.2, 0.25) is 0 Å². The lowest BCUT2D eigenvalue weighted by Crippen LogP contribution is -2.30. The Hall–Kier alpha value is -1.44. The second-order valence-corrected chi connectivity index (χ2v) is 4.80. The molecule has 0 spiro atoms. The molecular formula is C12H21N5O2. The number of nitrogen functional groups attached to an aromatic ring is 1. The normalized spacial score (nSPS) is 16.2. The van der Waals surface area contributed by atoms with Gasteiger partial charge < -0.3 is 20.6 Å². The van der Waals surface area contributed by atoms with Gasteiger partial charge in [-0.25, -0.2) is 15.8 Å². The summed E-state index contributed by atoms with van der Waals surface area (Å²) in [6, 6.07) is -0.198. The molecule has 0 aromatic carbocycles. The molecule has 1 atom stereocenters. The summed E-state index contributed by atoms with van der Waals surface area (Å²) in [5.41, 5.74) is 3.43. The van der Waals surface area contributed by atoms with Crippen LogP contribution in [0.2, 0.25) is 0 Å². The number of nitrogens with zero attached hydrogens (tertiary/aromatic N) is 2. The van der Waals surface area contributed by atoms with Crippen LogP contribution in [0.25, 0.3) is 0 Å². The molecule has 7 heteroatoms. The number of methoxy groups -OCH3 is 1. The van der Waals surface area contributed by atoms with E-state index in [4.69, 9.17) is 10.6 Å². The summed E-state index contributed by atoms with van der Waals surface area (Å²) in [5, 5.41) is 12.5. The van der Waals surface area contributed by atoms with Crippen LogP contribution in [0.5, 0.6) is 0 Å². The van der Waals surface area contributed by atoms with Gasteiger partial charge in [-0.05, 0) is 19.8 Å². The van der Waals surface area contributed by atoms with Gasteiger partial charge in [0.05, 0.1) is 19.3 Å². The molecule has 1 unspecified atom stereocenters. The third-order valence-electron chi connectivity index (χ3n) is 3.17. The van der Waals surface area contributed by atoms with E-state index in [1.807, 2.05) is 6.92 Å². The van der Waals surface area contributed by atoms with Crippen molar-refractivity contribution in [1.29, 1.82) is 0 Å². The van der Waals surface area contributed by atoms with Crippen molar-refractivity contribution in [2.75, 3.05) is 31.1 Å². The van der Waals surface area contributed by atoms with Crippen molar-refractivity contribution in [2.24, 2.45) is 5.84 Å². The van der Waals surface area contributed by atoms with Crippen LogP contribution < -0.4 is 16.6 Å². The first-order valence-corrected chi connectivity index (χ1v) is 6.41.